The topological polar surface area (TPSA) is 50.4 Å². The van der Waals surface area contributed by atoms with Crippen LogP contribution in [0.5, 0.6) is 0 Å². The van der Waals surface area contributed by atoms with E-state index in [0.717, 1.165) is 25.0 Å². The van der Waals surface area contributed by atoms with Crippen molar-refractivity contribution in [2.75, 3.05) is 5.32 Å². The van der Waals surface area contributed by atoms with E-state index in [1.165, 1.54) is 0 Å². The second-order valence-electron chi connectivity index (χ2n) is 3.61. The summed E-state index contributed by atoms with van der Waals surface area (Å²) in [6.07, 6.45) is 1.98. The standard InChI is InChI=1S/C10H10ClF2N3/c11-7-3-5(12)4-8(13)9(7)16-10(14)15-6-1-2-6/h3-4,6H,1-2H2,(H3,14,15,16). The zero-order valence-electron chi connectivity index (χ0n) is 8.30. The van der Waals surface area contributed by atoms with Crippen LogP contribution in [0.2, 0.25) is 5.02 Å². The van der Waals surface area contributed by atoms with Crippen LogP contribution in [0.4, 0.5) is 14.5 Å². The fourth-order valence-electron chi connectivity index (χ4n) is 1.22. The van der Waals surface area contributed by atoms with Crippen LogP contribution in [0.3, 0.4) is 0 Å². The van der Waals surface area contributed by atoms with Gasteiger partial charge in [-0.05, 0) is 18.9 Å². The minimum Gasteiger partial charge on any atom is -0.370 e. The summed E-state index contributed by atoms with van der Waals surface area (Å²) in [4.78, 5) is 4.05. The van der Waals surface area contributed by atoms with Crippen LogP contribution in [-0.2, 0) is 0 Å². The maximum atomic E-state index is 13.3. The number of anilines is 1. The van der Waals surface area contributed by atoms with E-state index < -0.39 is 11.6 Å². The average molecular weight is 246 g/mol. The highest BCUT2D eigenvalue weighted by atomic mass is 35.5. The molecule has 1 aromatic rings. The van der Waals surface area contributed by atoms with Crippen molar-refractivity contribution in [1.29, 1.82) is 0 Å². The zero-order chi connectivity index (χ0) is 11.7. The van der Waals surface area contributed by atoms with Crippen LogP contribution in [0.25, 0.3) is 0 Å². The number of guanidine groups is 1. The number of hydrogen-bond acceptors (Lipinski definition) is 1. The Balaban J connectivity index is 2.20. The molecule has 0 amide bonds. The van der Waals surface area contributed by atoms with Gasteiger partial charge in [0, 0.05) is 6.07 Å². The van der Waals surface area contributed by atoms with E-state index >= 15 is 0 Å². The van der Waals surface area contributed by atoms with E-state index in [9.17, 15) is 8.78 Å². The molecule has 3 nitrogen and oxygen atoms in total. The summed E-state index contributed by atoms with van der Waals surface area (Å²) in [5.74, 6) is -1.43. The maximum absolute atomic E-state index is 13.3. The third-order valence-corrected chi connectivity index (χ3v) is 2.43. The van der Waals surface area contributed by atoms with Gasteiger partial charge in [-0.25, -0.2) is 13.8 Å². The second-order valence-corrected chi connectivity index (χ2v) is 4.02. The van der Waals surface area contributed by atoms with Crippen LogP contribution in [0, 0.1) is 11.6 Å². The molecule has 1 aliphatic carbocycles. The highest BCUT2D eigenvalue weighted by Crippen LogP contribution is 2.27. The molecule has 1 saturated carbocycles. The number of halogens is 3. The molecule has 0 heterocycles. The number of rotatable bonds is 2. The van der Waals surface area contributed by atoms with Gasteiger partial charge in [0.2, 0.25) is 0 Å². The zero-order valence-corrected chi connectivity index (χ0v) is 9.06. The van der Waals surface area contributed by atoms with Crippen molar-refractivity contribution >= 4 is 23.2 Å². The van der Waals surface area contributed by atoms with Gasteiger partial charge in [0.1, 0.15) is 5.82 Å². The second kappa shape index (κ2) is 4.25. The largest absolute Gasteiger partial charge is 0.370 e. The first-order valence-corrected chi connectivity index (χ1v) is 5.19. The van der Waals surface area contributed by atoms with Crippen LogP contribution in [0.1, 0.15) is 12.8 Å². The van der Waals surface area contributed by atoms with Crippen molar-refractivity contribution in [2.24, 2.45) is 10.7 Å². The first-order chi connectivity index (χ1) is 7.56. The summed E-state index contributed by atoms with van der Waals surface area (Å²) in [6.45, 7) is 0. The summed E-state index contributed by atoms with van der Waals surface area (Å²) in [5, 5.41) is 2.47. The van der Waals surface area contributed by atoms with Crippen LogP contribution in [0.15, 0.2) is 17.1 Å². The Morgan fingerprint density at radius 3 is 2.69 bits per heavy atom. The third kappa shape index (κ3) is 2.61. The summed E-state index contributed by atoms with van der Waals surface area (Å²) in [6, 6.07) is 1.96. The molecule has 6 heteroatoms. The van der Waals surface area contributed by atoms with Gasteiger partial charge in [0.05, 0.1) is 16.8 Å². The molecule has 0 saturated heterocycles. The van der Waals surface area contributed by atoms with Crippen molar-refractivity contribution < 1.29 is 8.78 Å². The van der Waals surface area contributed by atoms with E-state index in [1.54, 1.807) is 0 Å². The number of nitrogens with two attached hydrogens (primary N) is 1. The Hall–Kier alpha value is -1.36. The minimum absolute atomic E-state index is 0.0510. The van der Waals surface area contributed by atoms with E-state index in [2.05, 4.69) is 10.3 Å². The monoisotopic (exact) mass is 245 g/mol. The van der Waals surface area contributed by atoms with E-state index in [4.69, 9.17) is 17.3 Å². The average Bonchev–Trinajstić information content (AvgIpc) is 2.95. The normalized spacial score (nSPS) is 16.3. The third-order valence-electron chi connectivity index (χ3n) is 2.13. The van der Waals surface area contributed by atoms with Gasteiger partial charge < -0.3 is 11.1 Å². The number of aliphatic imine (C=N–C) groups is 1. The lowest BCUT2D eigenvalue weighted by Crippen LogP contribution is -2.24. The summed E-state index contributed by atoms with van der Waals surface area (Å²) >= 11 is 5.68. The first-order valence-electron chi connectivity index (χ1n) is 4.81. The molecule has 16 heavy (non-hydrogen) atoms. The lowest BCUT2D eigenvalue weighted by atomic mass is 10.3. The fraction of sp³-hybridized carbons (Fsp3) is 0.300. The fourth-order valence-corrected chi connectivity index (χ4v) is 1.46. The van der Waals surface area contributed by atoms with Crippen LogP contribution >= 0.6 is 11.6 Å². The van der Waals surface area contributed by atoms with E-state index in [-0.39, 0.29) is 22.7 Å². The smallest absolute Gasteiger partial charge is 0.193 e. The molecular formula is C10H10ClF2N3. The Kier molecular flexibility index (Phi) is 2.96. The number of hydrogen-bond donors (Lipinski definition) is 2. The minimum atomic E-state index is -0.793. The van der Waals surface area contributed by atoms with E-state index in [0.29, 0.717) is 0 Å². The highest BCUT2D eigenvalue weighted by Gasteiger charge is 2.21. The van der Waals surface area contributed by atoms with Gasteiger partial charge in [0.15, 0.2) is 11.8 Å². The van der Waals surface area contributed by atoms with Gasteiger partial charge in [0.25, 0.3) is 0 Å². The molecule has 1 aromatic carbocycles. The molecule has 2 rings (SSSR count). The summed E-state index contributed by atoms with van der Waals surface area (Å²) in [5.41, 5.74) is 5.49. The lowest BCUT2D eigenvalue weighted by molar-refractivity contribution is 0.586. The Bertz CT molecular complexity index is 421. The quantitative estimate of drug-likeness (QED) is 0.621. The van der Waals surface area contributed by atoms with E-state index in [1.807, 2.05) is 0 Å². The number of nitrogens with one attached hydrogen (secondary N) is 1. The van der Waals surface area contributed by atoms with Gasteiger partial charge in [-0.3, -0.25) is 0 Å². The molecule has 0 bridgehead atoms. The predicted molar refractivity (Wildman–Crippen MR) is 59.6 cm³/mol. The van der Waals surface area contributed by atoms with Crippen LogP contribution < -0.4 is 11.1 Å². The molecule has 0 aliphatic heterocycles. The summed E-state index contributed by atoms with van der Waals surface area (Å²) < 4.78 is 26.1. The van der Waals surface area contributed by atoms with Gasteiger partial charge in [-0.1, -0.05) is 11.6 Å². The van der Waals surface area contributed by atoms with Crippen molar-refractivity contribution in [2.45, 2.75) is 18.9 Å². The lowest BCUT2D eigenvalue weighted by Gasteiger charge is -2.08. The molecule has 0 radical (unpaired) electrons. The molecule has 0 spiro atoms. The Labute approximate surface area is 96.3 Å². The molecule has 0 unspecified atom stereocenters. The van der Waals surface area contributed by atoms with Crippen molar-refractivity contribution in [1.82, 2.24) is 0 Å². The maximum Gasteiger partial charge on any atom is 0.193 e. The predicted octanol–water partition coefficient (Wildman–Crippen LogP) is 2.51. The number of benzene rings is 1. The molecule has 1 aliphatic rings. The molecule has 0 atom stereocenters. The molecule has 0 aromatic heterocycles. The van der Waals surface area contributed by atoms with Gasteiger partial charge >= 0.3 is 0 Å². The molecular weight excluding hydrogens is 236 g/mol. The molecule has 3 N–H and O–H groups in total. The number of nitrogens with zero attached hydrogens (tertiary/aromatic N) is 1. The first kappa shape index (κ1) is 11.1. The van der Waals surface area contributed by atoms with Gasteiger partial charge in [-0.15, -0.1) is 0 Å². The van der Waals surface area contributed by atoms with Crippen LogP contribution in [-0.4, -0.2) is 12.0 Å². The van der Waals surface area contributed by atoms with Crippen molar-refractivity contribution in [3.8, 4) is 0 Å². The Morgan fingerprint density at radius 1 is 1.44 bits per heavy atom. The SMILES string of the molecule is NC(=NC1CC1)Nc1c(F)cc(F)cc1Cl. The van der Waals surface area contributed by atoms with Crippen molar-refractivity contribution in [3.63, 3.8) is 0 Å². The van der Waals surface area contributed by atoms with Gasteiger partial charge in [-0.2, -0.15) is 0 Å². The molecule has 1 fully saturated rings. The molecule has 86 valence electrons. The highest BCUT2D eigenvalue weighted by molar-refractivity contribution is 6.33. The summed E-state index contributed by atoms with van der Waals surface area (Å²) in [7, 11) is 0. The Morgan fingerprint density at radius 2 is 2.12 bits per heavy atom. The van der Waals surface area contributed by atoms with Crippen molar-refractivity contribution in [3.05, 3.63) is 28.8 Å².